The van der Waals surface area contributed by atoms with E-state index in [1.807, 2.05) is 24.3 Å². The molecule has 0 aliphatic carbocycles. The van der Waals surface area contributed by atoms with Gasteiger partial charge in [0.25, 0.3) is 0 Å². The Kier molecular flexibility index (Phi) is 5.09. The van der Waals surface area contributed by atoms with Crippen LogP contribution in [0, 0.1) is 0 Å². The van der Waals surface area contributed by atoms with E-state index in [0.29, 0.717) is 22.4 Å². The molecule has 0 saturated heterocycles. The normalized spacial score (nSPS) is 10.5. The lowest BCUT2D eigenvalue weighted by molar-refractivity contribution is -0.136. The van der Waals surface area contributed by atoms with E-state index in [1.54, 1.807) is 24.3 Å². The molecule has 0 radical (unpaired) electrons. The number of fused-ring (bicyclic) bond motifs is 2. The van der Waals surface area contributed by atoms with Gasteiger partial charge in [0.15, 0.2) is 5.58 Å². The fourth-order valence-electron chi connectivity index (χ4n) is 2.52. The van der Waals surface area contributed by atoms with Crippen LogP contribution in [0.25, 0.3) is 21.9 Å². The number of nitrogens with zero attached hydrogens (tertiary/aromatic N) is 1. The van der Waals surface area contributed by atoms with E-state index < -0.39 is 11.6 Å². The summed E-state index contributed by atoms with van der Waals surface area (Å²) in [4.78, 5) is 21.4. The number of hydrogen-bond acceptors (Lipinski definition) is 6. The number of benzene rings is 2. The van der Waals surface area contributed by atoms with E-state index in [-0.39, 0.29) is 13.0 Å². The van der Waals surface area contributed by atoms with Crippen molar-refractivity contribution >= 4 is 27.9 Å². The lowest BCUT2D eigenvalue weighted by Gasteiger charge is -2.00. The molecule has 0 spiro atoms. The smallest absolute Gasteiger partial charge is 0.336 e. The molecular weight excluding hydrogens is 338 g/mol. The van der Waals surface area contributed by atoms with Gasteiger partial charge in [0.1, 0.15) is 11.3 Å². The molecule has 26 heavy (non-hydrogen) atoms. The topological polar surface area (TPSA) is 114 Å². The second-order valence-electron chi connectivity index (χ2n) is 5.44. The summed E-state index contributed by atoms with van der Waals surface area (Å²) in [5.41, 5.74) is 1.79. The van der Waals surface area contributed by atoms with Crippen molar-refractivity contribution in [1.29, 1.82) is 0 Å². The Morgan fingerprint density at radius 1 is 1.00 bits per heavy atom. The van der Waals surface area contributed by atoms with Gasteiger partial charge in [-0.25, -0.2) is 4.79 Å². The Balaban J connectivity index is 0.000000151. The zero-order valence-corrected chi connectivity index (χ0v) is 13.6. The van der Waals surface area contributed by atoms with Crippen molar-refractivity contribution in [1.82, 2.24) is 5.16 Å². The number of para-hydroxylation sites is 2. The van der Waals surface area contributed by atoms with Gasteiger partial charge in [0, 0.05) is 16.8 Å². The van der Waals surface area contributed by atoms with Crippen LogP contribution in [-0.4, -0.2) is 21.3 Å². The second-order valence-corrected chi connectivity index (χ2v) is 5.44. The van der Waals surface area contributed by atoms with Gasteiger partial charge in [-0.1, -0.05) is 35.5 Å². The number of carboxylic acids is 1. The molecule has 2 aromatic carbocycles. The van der Waals surface area contributed by atoms with Crippen molar-refractivity contribution < 1.29 is 23.9 Å². The Bertz CT molecular complexity index is 1110. The highest BCUT2D eigenvalue weighted by Crippen LogP contribution is 2.18. The first-order chi connectivity index (χ1) is 12.6. The summed E-state index contributed by atoms with van der Waals surface area (Å²) >= 11 is 0. The van der Waals surface area contributed by atoms with Crippen LogP contribution in [0.3, 0.4) is 0 Å². The number of hydrogen-bond donors (Lipinski definition) is 2. The molecule has 2 N–H and O–H groups in total. The third kappa shape index (κ3) is 3.79. The van der Waals surface area contributed by atoms with Crippen LogP contribution in [0.1, 0.15) is 11.3 Å². The van der Waals surface area contributed by atoms with Crippen LogP contribution in [0.5, 0.6) is 0 Å². The molecular formula is C19H15NO6. The fourth-order valence-corrected chi connectivity index (χ4v) is 2.52. The Morgan fingerprint density at radius 3 is 2.35 bits per heavy atom. The van der Waals surface area contributed by atoms with Crippen LogP contribution in [0.2, 0.25) is 0 Å². The van der Waals surface area contributed by atoms with Crippen molar-refractivity contribution in [2.45, 2.75) is 13.0 Å². The Morgan fingerprint density at radius 2 is 1.65 bits per heavy atom. The summed E-state index contributed by atoms with van der Waals surface area (Å²) in [6.07, 6.45) is -0.100. The van der Waals surface area contributed by atoms with Crippen molar-refractivity contribution in [3.05, 3.63) is 76.3 Å². The molecule has 0 saturated carbocycles. The lowest BCUT2D eigenvalue weighted by atomic mass is 10.1. The van der Waals surface area contributed by atoms with E-state index in [0.717, 1.165) is 10.8 Å². The summed E-state index contributed by atoms with van der Waals surface area (Å²) in [5.74, 6) is -0.904. The predicted molar refractivity (Wildman–Crippen MR) is 93.8 cm³/mol. The summed E-state index contributed by atoms with van der Waals surface area (Å²) in [7, 11) is 0. The quantitative estimate of drug-likeness (QED) is 0.544. The van der Waals surface area contributed by atoms with Gasteiger partial charge in [0.05, 0.1) is 13.0 Å². The third-order valence-corrected chi connectivity index (χ3v) is 3.68. The maximum Gasteiger partial charge on any atom is 0.336 e. The first kappa shape index (κ1) is 17.4. The maximum atomic E-state index is 11.0. The first-order valence-electron chi connectivity index (χ1n) is 7.76. The zero-order valence-electron chi connectivity index (χ0n) is 13.6. The van der Waals surface area contributed by atoms with Crippen LogP contribution in [-0.2, 0) is 17.8 Å². The highest BCUT2D eigenvalue weighted by molar-refractivity contribution is 5.83. The van der Waals surface area contributed by atoms with Crippen molar-refractivity contribution in [3.63, 3.8) is 0 Å². The molecule has 2 heterocycles. The van der Waals surface area contributed by atoms with Crippen molar-refractivity contribution in [3.8, 4) is 0 Å². The number of rotatable bonds is 3. The second kappa shape index (κ2) is 7.62. The minimum Gasteiger partial charge on any atom is -0.481 e. The zero-order chi connectivity index (χ0) is 18.5. The molecule has 0 bridgehead atoms. The summed E-state index contributed by atoms with van der Waals surface area (Å²) in [6.45, 7) is -0.147. The van der Waals surface area contributed by atoms with E-state index >= 15 is 0 Å². The summed E-state index contributed by atoms with van der Waals surface area (Å²) in [6, 6.07) is 15.6. The van der Waals surface area contributed by atoms with Gasteiger partial charge in [-0.15, -0.1) is 0 Å². The van der Waals surface area contributed by atoms with E-state index in [1.165, 1.54) is 6.07 Å². The molecule has 0 atom stereocenters. The average molecular weight is 353 g/mol. The molecule has 7 heteroatoms. The third-order valence-electron chi connectivity index (χ3n) is 3.68. The van der Waals surface area contributed by atoms with Gasteiger partial charge in [-0.2, -0.15) is 0 Å². The number of aliphatic hydroxyl groups excluding tert-OH is 1. The molecule has 0 fully saturated rings. The molecule has 0 unspecified atom stereocenters. The number of aliphatic carboxylic acids is 1. The number of aromatic nitrogens is 1. The SMILES string of the molecule is O=C(O)Cc1noc2ccccc12.O=c1cc(CO)c2ccccc2o1. The van der Waals surface area contributed by atoms with Gasteiger partial charge >= 0.3 is 11.6 Å². The van der Waals surface area contributed by atoms with Gasteiger partial charge in [0.2, 0.25) is 0 Å². The molecule has 7 nitrogen and oxygen atoms in total. The molecule has 0 aliphatic rings. The predicted octanol–water partition coefficient (Wildman–Crippen LogP) is 2.74. The molecule has 4 aromatic rings. The standard InChI is InChI=1S/C10H8O3.C9H7NO3/c11-6-7-5-10(12)13-9-4-2-1-3-8(7)9;11-9(12)5-7-6-3-1-2-4-8(6)13-10-7/h1-5,11H,6H2;1-4H,5H2,(H,11,12). The molecule has 4 rings (SSSR count). The fraction of sp³-hybridized carbons (Fsp3) is 0.105. The molecule has 0 aliphatic heterocycles. The highest BCUT2D eigenvalue weighted by atomic mass is 16.5. The Hall–Kier alpha value is -3.45. The molecule has 2 aromatic heterocycles. The number of carboxylic acid groups (broad SMARTS) is 1. The minimum absolute atomic E-state index is 0.100. The van der Waals surface area contributed by atoms with Crippen LogP contribution >= 0.6 is 0 Å². The maximum absolute atomic E-state index is 11.0. The monoisotopic (exact) mass is 353 g/mol. The minimum atomic E-state index is -0.904. The van der Waals surface area contributed by atoms with Crippen molar-refractivity contribution in [2.24, 2.45) is 0 Å². The van der Waals surface area contributed by atoms with Gasteiger partial charge in [-0.05, 0) is 23.8 Å². The van der Waals surface area contributed by atoms with E-state index in [9.17, 15) is 9.59 Å². The summed E-state index contributed by atoms with van der Waals surface area (Å²) < 4.78 is 9.87. The van der Waals surface area contributed by atoms with Gasteiger partial charge < -0.3 is 19.2 Å². The lowest BCUT2D eigenvalue weighted by Crippen LogP contribution is -2.00. The van der Waals surface area contributed by atoms with Crippen LogP contribution < -0.4 is 5.63 Å². The molecule has 0 amide bonds. The number of aliphatic hydroxyl groups is 1. The van der Waals surface area contributed by atoms with Crippen molar-refractivity contribution in [2.75, 3.05) is 0 Å². The van der Waals surface area contributed by atoms with Crippen LogP contribution in [0.4, 0.5) is 0 Å². The largest absolute Gasteiger partial charge is 0.481 e. The van der Waals surface area contributed by atoms with Crippen LogP contribution in [0.15, 0.2) is 68.3 Å². The highest BCUT2D eigenvalue weighted by Gasteiger charge is 2.10. The first-order valence-corrected chi connectivity index (χ1v) is 7.76. The van der Waals surface area contributed by atoms with E-state index in [4.69, 9.17) is 19.2 Å². The summed E-state index contributed by atoms with van der Waals surface area (Å²) in [5, 5.41) is 22.8. The molecule has 132 valence electrons. The van der Waals surface area contributed by atoms with E-state index in [2.05, 4.69) is 5.16 Å². The van der Waals surface area contributed by atoms with Gasteiger partial charge in [-0.3, -0.25) is 4.79 Å². The Labute approximate surface area is 147 Å². The average Bonchev–Trinajstić information content (AvgIpc) is 3.04. The number of carbonyl (C=O) groups is 1.